The third-order valence-corrected chi connectivity index (χ3v) is 8.96. The van der Waals surface area contributed by atoms with Crippen LogP contribution in [-0.4, -0.2) is 0 Å². The van der Waals surface area contributed by atoms with Crippen molar-refractivity contribution in [3.8, 4) is 22.3 Å². The van der Waals surface area contributed by atoms with Crippen LogP contribution in [0.25, 0.3) is 43.8 Å². The summed E-state index contributed by atoms with van der Waals surface area (Å²) in [5.41, 5.74) is 13.3. The first-order valence-electron chi connectivity index (χ1n) is 14.7. The van der Waals surface area contributed by atoms with Crippen LogP contribution in [0.3, 0.4) is 0 Å². The van der Waals surface area contributed by atoms with Gasteiger partial charge in [0.25, 0.3) is 0 Å². The molecule has 0 nitrogen and oxygen atoms in total. The maximum Gasteiger partial charge on any atom is 4.00 e. The summed E-state index contributed by atoms with van der Waals surface area (Å²) < 4.78 is 0. The van der Waals surface area contributed by atoms with E-state index in [1.54, 1.807) is 0 Å². The molecule has 0 saturated heterocycles. The molecular formula is C42H46Hf. The third kappa shape index (κ3) is 6.30. The molecule has 0 spiro atoms. The molecule has 0 aliphatic heterocycles. The Morgan fingerprint density at radius 3 is 1.40 bits per heavy atom. The summed E-state index contributed by atoms with van der Waals surface area (Å²) in [4.78, 5) is 0. The Morgan fingerprint density at radius 2 is 1.00 bits per heavy atom. The van der Waals surface area contributed by atoms with E-state index in [1.807, 2.05) is 0 Å². The van der Waals surface area contributed by atoms with Crippen LogP contribution >= 0.6 is 0 Å². The molecule has 6 rings (SSSR count). The van der Waals surface area contributed by atoms with Crippen LogP contribution in [0.4, 0.5) is 0 Å². The van der Waals surface area contributed by atoms with E-state index >= 15 is 0 Å². The van der Waals surface area contributed by atoms with Gasteiger partial charge in [-0.25, -0.2) is 0 Å². The average molecular weight is 729 g/mol. The van der Waals surface area contributed by atoms with Gasteiger partial charge >= 0.3 is 25.8 Å². The quantitative estimate of drug-likeness (QED) is 0.118. The molecular weight excluding hydrogens is 683 g/mol. The van der Waals surface area contributed by atoms with E-state index in [9.17, 15) is 0 Å². The fourth-order valence-corrected chi connectivity index (χ4v) is 6.85. The molecule has 0 atom stereocenters. The minimum Gasteiger partial charge on any atom is -0.358 e. The summed E-state index contributed by atoms with van der Waals surface area (Å²) in [6, 6.07) is 37.1. The number of aryl methyl sites for hydroxylation is 4. The van der Waals surface area contributed by atoms with Gasteiger partial charge < -0.3 is 14.9 Å². The van der Waals surface area contributed by atoms with E-state index < -0.39 is 0 Å². The van der Waals surface area contributed by atoms with Crippen molar-refractivity contribution >= 4 is 21.5 Å². The number of hydrogen-bond acceptors (Lipinski definition) is 0. The first-order chi connectivity index (χ1) is 19.1. The van der Waals surface area contributed by atoms with Crippen LogP contribution in [0, 0.1) is 48.5 Å². The Labute approximate surface area is 279 Å². The van der Waals surface area contributed by atoms with Gasteiger partial charge in [-0.1, -0.05) is 91.6 Å². The van der Waals surface area contributed by atoms with Crippen molar-refractivity contribution in [2.75, 3.05) is 0 Å². The van der Waals surface area contributed by atoms with E-state index in [-0.39, 0.29) is 46.1 Å². The number of rotatable bonds is 6. The monoisotopic (exact) mass is 730 g/mol. The second-order valence-electron chi connectivity index (χ2n) is 12.7. The molecule has 0 fully saturated rings. The van der Waals surface area contributed by atoms with Crippen molar-refractivity contribution in [2.45, 2.75) is 60.3 Å². The topological polar surface area (TPSA) is 0 Å². The molecule has 218 valence electrons. The van der Waals surface area contributed by atoms with Gasteiger partial charge in [0.15, 0.2) is 0 Å². The summed E-state index contributed by atoms with van der Waals surface area (Å²) in [7, 11) is 0. The normalized spacial score (nSPS) is 11.3. The van der Waals surface area contributed by atoms with Crippen LogP contribution < -0.4 is 0 Å². The molecule has 0 aromatic heterocycles. The number of hydrogen-bond donors (Lipinski definition) is 0. The van der Waals surface area contributed by atoms with Gasteiger partial charge in [0.05, 0.1) is 0 Å². The van der Waals surface area contributed by atoms with Gasteiger partial charge in [0.1, 0.15) is 0 Å². The first kappa shape index (κ1) is 34.5. The summed E-state index contributed by atoms with van der Waals surface area (Å²) >= 11 is 0. The molecule has 0 heterocycles. The minimum atomic E-state index is -0.0932. The third-order valence-electron chi connectivity index (χ3n) is 8.96. The van der Waals surface area contributed by atoms with E-state index in [0.29, 0.717) is 5.92 Å². The van der Waals surface area contributed by atoms with Gasteiger partial charge in [-0.05, 0) is 67.7 Å². The van der Waals surface area contributed by atoms with Gasteiger partial charge in [0, 0.05) is 0 Å². The molecule has 1 heteroatoms. The number of benzene rings is 4. The van der Waals surface area contributed by atoms with Crippen molar-refractivity contribution in [2.24, 2.45) is 5.92 Å². The smallest absolute Gasteiger partial charge is 0.358 e. The van der Waals surface area contributed by atoms with Gasteiger partial charge in [0.2, 0.25) is 0 Å². The predicted molar refractivity (Wildman–Crippen MR) is 188 cm³/mol. The zero-order chi connectivity index (χ0) is 28.2. The summed E-state index contributed by atoms with van der Waals surface area (Å²) in [5, 5.41) is 5.37. The summed E-state index contributed by atoms with van der Waals surface area (Å²) in [6.07, 6.45) is 1.09. The van der Waals surface area contributed by atoms with Gasteiger partial charge in [-0.2, -0.15) is 12.1 Å². The van der Waals surface area contributed by atoms with Crippen molar-refractivity contribution in [3.05, 3.63) is 145 Å². The fourth-order valence-electron chi connectivity index (χ4n) is 6.85. The molecule has 0 amide bonds. The number of fused-ring (bicyclic) bond motifs is 2. The van der Waals surface area contributed by atoms with Crippen LogP contribution in [0.2, 0.25) is 0 Å². The van der Waals surface area contributed by atoms with Crippen molar-refractivity contribution < 1.29 is 25.8 Å². The molecule has 6 aromatic carbocycles. The predicted octanol–water partition coefficient (Wildman–Crippen LogP) is 12.2. The van der Waals surface area contributed by atoms with Crippen LogP contribution in [0.15, 0.2) is 97.1 Å². The van der Waals surface area contributed by atoms with Crippen molar-refractivity contribution in [1.29, 1.82) is 0 Å². The first-order valence-corrected chi connectivity index (χ1v) is 14.7. The van der Waals surface area contributed by atoms with Crippen molar-refractivity contribution in [1.82, 2.24) is 0 Å². The van der Waals surface area contributed by atoms with Crippen LogP contribution in [0.5, 0.6) is 0 Å². The summed E-state index contributed by atoms with van der Waals surface area (Å²) in [5.74, 6) is 0.568. The Morgan fingerprint density at radius 1 is 0.581 bits per heavy atom. The molecule has 0 aliphatic carbocycles. The fraction of sp³-hybridized carbons (Fsp3) is 0.238. The van der Waals surface area contributed by atoms with E-state index in [0.717, 1.165) is 6.42 Å². The molecule has 6 aromatic rings. The second kappa shape index (κ2) is 13.3. The molecule has 43 heavy (non-hydrogen) atoms. The van der Waals surface area contributed by atoms with Gasteiger partial charge in [-0.15, -0.1) is 69.1 Å². The van der Waals surface area contributed by atoms with E-state index in [2.05, 4.69) is 146 Å². The second-order valence-corrected chi connectivity index (χ2v) is 12.7. The molecule has 0 saturated carbocycles. The average Bonchev–Trinajstić information content (AvgIpc) is 3.56. The minimum absolute atomic E-state index is 0. The molecule has 0 radical (unpaired) electrons. The maximum absolute atomic E-state index is 2.48. The molecule has 0 unspecified atom stereocenters. The SMILES string of the molecule is Cc1ccc(C)c(-c2cccc3[cH-]c(C(C)(CC(C)C)c4cc5c(-c6cc(C)ccc6C)cccc5[cH-]4)cc23)c1.[CH3-].[CH3-].[Hf+4]. The zero-order valence-electron chi connectivity index (χ0n) is 27.5. The maximum atomic E-state index is 2.48. The Hall–Kier alpha value is -3.03. The van der Waals surface area contributed by atoms with E-state index in [1.165, 1.54) is 77.2 Å². The summed E-state index contributed by atoms with van der Waals surface area (Å²) in [6.45, 7) is 16.0. The Kier molecular flexibility index (Phi) is 10.7. The largest absolute Gasteiger partial charge is 4.00 e. The van der Waals surface area contributed by atoms with E-state index in [4.69, 9.17) is 0 Å². The molecule has 0 aliphatic rings. The van der Waals surface area contributed by atoms with Crippen molar-refractivity contribution in [3.63, 3.8) is 0 Å². The van der Waals surface area contributed by atoms with Crippen LogP contribution in [-0.2, 0) is 31.3 Å². The van der Waals surface area contributed by atoms with Crippen LogP contribution in [0.1, 0.15) is 60.6 Å². The molecule has 0 N–H and O–H groups in total. The molecule has 0 bridgehead atoms. The van der Waals surface area contributed by atoms with Gasteiger partial charge in [-0.3, -0.25) is 0 Å². The standard InChI is InChI=1S/C40H40.2CH3.Hf/c1-25(2)24-40(7,32-20-30-10-8-12-34(38(30)22-32)36-18-26(3)14-16-28(36)5)33-21-31-11-9-13-35(39(31)23-33)37-19-27(4)15-17-29(37)6;;;/h8-23,25H,24H2,1-7H3;2*1H3;/q-2;2*-1;+4. The Bertz CT molecular complexity index is 1730. The Balaban J connectivity index is 0.00000169. The zero-order valence-corrected chi connectivity index (χ0v) is 31.1.